The number of likely N-dealkylation sites (tertiary alicyclic amines) is 1. The first-order valence-corrected chi connectivity index (χ1v) is 5.58. The molecule has 1 aliphatic heterocycles. The summed E-state index contributed by atoms with van der Waals surface area (Å²) in [6, 6.07) is 2.81. The molecule has 0 aliphatic carbocycles. The molecule has 1 fully saturated rings. The molecule has 1 aromatic rings. The summed E-state index contributed by atoms with van der Waals surface area (Å²) in [6.45, 7) is 0.942. The van der Waals surface area contributed by atoms with Gasteiger partial charge in [0.15, 0.2) is 0 Å². The van der Waals surface area contributed by atoms with E-state index in [2.05, 4.69) is 0 Å². The van der Waals surface area contributed by atoms with Crippen molar-refractivity contribution >= 4 is 5.91 Å². The predicted octanol–water partition coefficient (Wildman–Crippen LogP) is 1.53. The summed E-state index contributed by atoms with van der Waals surface area (Å²) in [5, 5.41) is 0. The zero-order valence-corrected chi connectivity index (χ0v) is 9.33. The van der Waals surface area contributed by atoms with Crippen molar-refractivity contribution in [3.63, 3.8) is 0 Å². The molecule has 1 aromatic carbocycles. The lowest BCUT2D eigenvalue weighted by Gasteiger charge is -2.30. The van der Waals surface area contributed by atoms with Crippen LogP contribution >= 0.6 is 0 Å². The highest BCUT2D eigenvalue weighted by molar-refractivity contribution is 5.94. The van der Waals surface area contributed by atoms with Gasteiger partial charge in [-0.2, -0.15) is 0 Å². The molecule has 1 amide bonds. The Hall–Kier alpha value is -1.49. The molecule has 0 spiro atoms. The largest absolute Gasteiger partial charge is 0.337 e. The van der Waals surface area contributed by atoms with Crippen molar-refractivity contribution in [1.29, 1.82) is 0 Å². The second kappa shape index (κ2) is 4.79. The summed E-state index contributed by atoms with van der Waals surface area (Å²) in [4.78, 5) is 13.5. The fourth-order valence-corrected chi connectivity index (χ4v) is 2.03. The molecule has 92 valence electrons. The Morgan fingerprint density at radius 2 is 2.18 bits per heavy atom. The standard InChI is InChI=1S/C12H14F2N2O/c13-8-3-4-11(14)10(6-8)12(17)16-5-1-2-9(15)7-16/h3-4,6,9H,1-2,5,7,15H2/t9-/m1/s1. The molecule has 2 rings (SSSR count). The molecule has 1 heterocycles. The minimum Gasteiger partial charge on any atom is -0.337 e. The smallest absolute Gasteiger partial charge is 0.256 e. The second-order valence-electron chi connectivity index (χ2n) is 4.28. The van der Waals surface area contributed by atoms with Crippen molar-refractivity contribution in [3.8, 4) is 0 Å². The van der Waals surface area contributed by atoms with Gasteiger partial charge in [-0.1, -0.05) is 0 Å². The average Bonchev–Trinajstić information content (AvgIpc) is 2.31. The summed E-state index contributed by atoms with van der Waals surface area (Å²) in [5.41, 5.74) is 5.52. The molecular formula is C12H14F2N2O. The number of hydrogen-bond acceptors (Lipinski definition) is 2. The van der Waals surface area contributed by atoms with Gasteiger partial charge in [0.25, 0.3) is 5.91 Å². The molecular weight excluding hydrogens is 226 g/mol. The third-order valence-corrected chi connectivity index (χ3v) is 2.90. The van der Waals surface area contributed by atoms with Crippen molar-refractivity contribution in [2.24, 2.45) is 5.73 Å². The third-order valence-electron chi connectivity index (χ3n) is 2.90. The number of hydrogen-bond donors (Lipinski definition) is 1. The van der Waals surface area contributed by atoms with Gasteiger partial charge < -0.3 is 10.6 Å². The highest BCUT2D eigenvalue weighted by Crippen LogP contribution is 2.16. The van der Waals surface area contributed by atoms with Crippen LogP contribution in [-0.2, 0) is 0 Å². The van der Waals surface area contributed by atoms with E-state index in [1.54, 1.807) is 0 Å². The molecule has 5 heteroatoms. The Morgan fingerprint density at radius 3 is 2.88 bits per heavy atom. The summed E-state index contributed by atoms with van der Waals surface area (Å²) >= 11 is 0. The molecule has 1 saturated heterocycles. The highest BCUT2D eigenvalue weighted by atomic mass is 19.1. The Balaban J connectivity index is 2.21. The number of carbonyl (C=O) groups excluding carboxylic acids is 1. The fourth-order valence-electron chi connectivity index (χ4n) is 2.03. The maximum Gasteiger partial charge on any atom is 0.256 e. The molecule has 1 atom stereocenters. The van der Waals surface area contributed by atoms with Crippen molar-refractivity contribution in [1.82, 2.24) is 4.90 Å². The van der Waals surface area contributed by atoms with Crippen LogP contribution in [0, 0.1) is 11.6 Å². The molecule has 2 N–H and O–H groups in total. The molecule has 0 aromatic heterocycles. The van der Waals surface area contributed by atoms with E-state index in [1.165, 1.54) is 4.90 Å². The first-order valence-electron chi connectivity index (χ1n) is 5.58. The number of rotatable bonds is 1. The summed E-state index contributed by atoms with van der Waals surface area (Å²) in [5.74, 6) is -1.80. The maximum atomic E-state index is 13.4. The Morgan fingerprint density at radius 1 is 1.41 bits per heavy atom. The number of halogens is 2. The summed E-state index contributed by atoms with van der Waals surface area (Å²) in [7, 11) is 0. The lowest BCUT2D eigenvalue weighted by atomic mass is 10.1. The van der Waals surface area contributed by atoms with Gasteiger partial charge in [0, 0.05) is 19.1 Å². The Bertz CT molecular complexity index is 437. The number of nitrogens with two attached hydrogens (primary N) is 1. The van der Waals surface area contributed by atoms with Gasteiger partial charge in [-0.25, -0.2) is 8.78 Å². The average molecular weight is 240 g/mol. The maximum absolute atomic E-state index is 13.4. The Labute approximate surface area is 98.2 Å². The zero-order valence-electron chi connectivity index (χ0n) is 9.33. The van der Waals surface area contributed by atoms with Gasteiger partial charge in [0.2, 0.25) is 0 Å². The van der Waals surface area contributed by atoms with Crippen LogP contribution in [0.2, 0.25) is 0 Å². The molecule has 3 nitrogen and oxygen atoms in total. The summed E-state index contributed by atoms with van der Waals surface area (Å²) in [6.07, 6.45) is 1.65. The SMILES string of the molecule is N[C@@H]1CCCN(C(=O)c2cc(F)ccc2F)C1. The number of nitrogens with zero attached hydrogens (tertiary/aromatic N) is 1. The van der Waals surface area contributed by atoms with Gasteiger partial charge in [-0.05, 0) is 31.0 Å². The van der Waals surface area contributed by atoms with Gasteiger partial charge in [0.05, 0.1) is 5.56 Å². The first-order chi connectivity index (χ1) is 8.08. The molecule has 0 radical (unpaired) electrons. The molecule has 0 bridgehead atoms. The van der Waals surface area contributed by atoms with Crippen LogP contribution in [0.25, 0.3) is 0 Å². The predicted molar refractivity (Wildman–Crippen MR) is 59.5 cm³/mol. The van der Waals surface area contributed by atoms with Gasteiger partial charge in [-0.15, -0.1) is 0 Å². The third kappa shape index (κ3) is 2.61. The topological polar surface area (TPSA) is 46.3 Å². The van der Waals surface area contributed by atoms with Crippen LogP contribution in [-0.4, -0.2) is 29.9 Å². The van der Waals surface area contributed by atoms with Crippen molar-refractivity contribution in [2.45, 2.75) is 18.9 Å². The number of piperidine rings is 1. The molecule has 17 heavy (non-hydrogen) atoms. The van der Waals surface area contributed by atoms with Crippen LogP contribution in [0.5, 0.6) is 0 Å². The van der Waals surface area contributed by atoms with Gasteiger partial charge in [0.1, 0.15) is 11.6 Å². The van der Waals surface area contributed by atoms with Gasteiger partial charge in [-0.3, -0.25) is 4.79 Å². The number of carbonyl (C=O) groups is 1. The zero-order chi connectivity index (χ0) is 12.4. The molecule has 1 aliphatic rings. The van der Waals surface area contributed by atoms with E-state index in [1.807, 2.05) is 0 Å². The van der Waals surface area contributed by atoms with E-state index in [9.17, 15) is 13.6 Å². The van der Waals surface area contributed by atoms with Crippen molar-refractivity contribution in [3.05, 3.63) is 35.4 Å². The van der Waals surface area contributed by atoms with Crippen LogP contribution in [0.1, 0.15) is 23.2 Å². The Kier molecular flexibility index (Phi) is 3.38. The quantitative estimate of drug-likeness (QED) is 0.809. The van der Waals surface area contributed by atoms with E-state index < -0.39 is 17.5 Å². The van der Waals surface area contributed by atoms with Crippen molar-refractivity contribution < 1.29 is 13.6 Å². The van der Waals surface area contributed by atoms with E-state index in [0.717, 1.165) is 31.0 Å². The lowest BCUT2D eigenvalue weighted by Crippen LogP contribution is -2.45. The lowest BCUT2D eigenvalue weighted by molar-refractivity contribution is 0.0703. The van der Waals surface area contributed by atoms with Gasteiger partial charge >= 0.3 is 0 Å². The minimum absolute atomic E-state index is 0.0793. The van der Waals surface area contributed by atoms with Crippen LogP contribution < -0.4 is 5.73 Å². The van der Waals surface area contributed by atoms with Crippen LogP contribution in [0.3, 0.4) is 0 Å². The fraction of sp³-hybridized carbons (Fsp3) is 0.417. The minimum atomic E-state index is -0.699. The van der Waals surface area contributed by atoms with Crippen molar-refractivity contribution in [2.75, 3.05) is 13.1 Å². The van der Waals surface area contributed by atoms with Crippen LogP contribution in [0.4, 0.5) is 8.78 Å². The van der Waals surface area contributed by atoms with E-state index in [4.69, 9.17) is 5.73 Å². The monoisotopic (exact) mass is 240 g/mol. The normalized spacial score (nSPS) is 20.4. The van der Waals surface area contributed by atoms with E-state index in [0.29, 0.717) is 13.1 Å². The number of amides is 1. The van der Waals surface area contributed by atoms with E-state index in [-0.39, 0.29) is 11.6 Å². The van der Waals surface area contributed by atoms with E-state index >= 15 is 0 Å². The first kappa shape index (κ1) is 12.0. The highest BCUT2D eigenvalue weighted by Gasteiger charge is 2.24. The summed E-state index contributed by atoms with van der Waals surface area (Å²) < 4.78 is 26.4. The molecule has 0 unspecified atom stereocenters. The van der Waals surface area contributed by atoms with Crippen LogP contribution in [0.15, 0.2) is 18.2 Å². The number of benzene rings is 1. The molecule has 0 saturated carbocycles. The second-order valence-corrected chi connectivity index (χ2v) is 4.28.